The molecule has 0 radical (unpaired) electrons. The van der Waals surface area contributed by atoms with Gasteiger partial charge in [-0.1, -0.05) is 44.0 Å². The number of unbranched alkanes of at least 4 members (excludes halogenated alkanes) is 1. The Morgan fingerprint density at radius 1 is 1.16 bits per heavy atom. The molecule has 2 aromatic carbocycles. The fourth-order valence-electron chi connectivity index (χ4n) is 4.44. The second kappa shape index (κ2) is 11.6. The first-order valence-corrected chi connectivity index (χ1v) is 12.2. The van der Waals surface area contributed by atoms with Gasteiger partial charge in [0.2, 0.25) is 5.95 Å². The monoisotopic (exact) mass is 500 g/mol. The van der Waals surface area contributed by atoms with Gasteiger partial charge in [0.25, 0.3) is 0 Å². The molecule has 9 nitrogen and oxygen atoms in total. The van der Waals surface area contributed by atoms with Gasteiger partial charge in [-0.15, -0.1) is 0 Å². The molecule has 4 N–H and O–H groups in total. The number of hydrogen-bond acceptors (Lipinski definition) is 9. The molecule has 0 spiro atoms. The molecule has 0 bridgehead atoms. The van der Waals surface area contributed by atoms with Crippen LogP contribution in [-0.2, 0) is 6.42 Å². The van der Waals surface area contributed by atoms with Crippen molar-refractivity contribution in [1.82, 2.24) is 15.0 Å². The molecule has 1 atom stereocenters. The highest BCUT2D eigenvalue weighted by molar-refractivity contribution is 6.07. The summed E-state index contributed by atoms with van der Waals surface area (Å²) in [5.41, 5.74) is 15.8. The summed E-state index contributed by atoms with van der Waals surface area (Å²) in [5, 5.41) is 6.47. The van der Waals surface area contributed by atoms with Gasteiger partial charge in [0.1, 0.15) is 5.82 Å². The molecule has 192 valence electrons. The van der Waals surface area contributed by atoms with E-state index in [0.717, 1.165) is 30.4 Å². The SMILES string of the molecule is CCCCC1c2ccccc2C=NN1/C=C/C(=O)c1cc(Cc2cnc(N)nc2N)cc(OC)c1OC. The van der Waals surface area contributed by atoms with Crippen LogP contribution in [0.4, 0.5) is 11.8 Å². The predicted octanol–water partition coefficient (Wildman–Crippen LogP) is 4.53. The first-order chi connectivity index (χ1) is 17.9. The summed E-state index contributed by atoms with van der Waals surface area (Å²) in [7, 11) is 3.04. The molecule has 0 amide bonds. The maximum absolute atomic E-state index is 13.5. The predicted molar refractivity (Wildman–Crippen MR) is 145 cm³/mol. The molecule has 9 heteroatoms. The third-order valence-electron chi connectivity index (χ3n) is 6.33. The number of ketones is 1. The van der Waals surface area contributed by atoms with Crippen molar-refractivity contribution >= 4 is 23.8 Å². The Hall–Kier alpha value is -4.40. The van der Waals surface area contributed by atoms with Crippen LogP contribution in [0.3, 0.4) is 0 Å². The van der Waals surface area contributed by atoms with E-state index in [1.165, 1.54) is 25.9 Å². The topological polar surface area (TPSA) is 129 Å². The maximum Gasteiger partial charge on any atom is 0.221 e. The van der Waals surface area contributed by atoms with Gasteiger partial charge in [-0.2, -0.15) is 10.1 Å². The lowest BCUT2D eigenvalue weighted by Gasteiger charge is -2.31. The molecule has 0 fully saturated rings. The standard InChI is InChI=1S/C28H32N6O3/c1-4-5-10-23-21-9-7-6-8-19(21)17-32-34(23)12-11-24(35)22-14-18(15-25(36-2)26(22)37-3)13-20-16-31-28(30)33-27(20)29/h6-9,11-12,14-17,23H,4-5,10,13H2,1-3H3,(H4,29,30,31,33)/b12-11+. The van der Waals surface area contributed by atoms with Crippen molar-refractivity contribution in [2.24, 2.45) is 5.10 Å². The summed E-state index contributed by atoms with van der Waals surface area (Å²) >= 11 is 0. The number of carbonyl (C=O) groups is 1. The number of rotatable bonds is 10. The van der Waals surface area contributed by atoms with E-state index in [1.807, 2.05) is 29.4 Å². The number of nitrogen functional groups attached to an aromatic ring is 2. The molecule has 1 aliphatic rings. The van der Waals surface area contributed by atoms with E-state index < -0.39 is 0 Å². The summed E-state index contributed by atoms with van der Waals surface area (Å²) < 4.78 is 11.1. The number of ether oxygens (including phenoxy) is 2. The number of methoxy groups -OCH3 is 2. The third-order valence-corrected chi connectivity index (χ3v) is 6.33. The van der Waals surface area contributed by atoms with Crippen LogP contribution in [-0.4, -0.2) is 41.2 Å². The number of aromatic nitrogens is 2. The van der Waals surface area contributed by atoms with Gasteiger partial charge in [-0.3, -0.25) is 9.80 Å². The second-order valence-corrected chi connectivity index (χ2v) is 8.79. The number of fused-ring (bicyclic) bond motifs is 1. The number of benzene rings is 2. The highest BCUT2D eigenvalue weighted by atomic mass is 16.5. The lowest BCUT2D eigenvalue weighted by atomic mass is 9.95. The molecule has 0 aliphatic carbocycles. The van der Waals surface area contributed by atoms with Crippen molar-refractivity contribution < 1.29 is 14.3 Å². The number of anilines is 2. The van der Waals surface area contributed by atoms with Gasteiger partial charge in [0.05, 0.1) is 32.0 Å². The highest BCUT2D eigenvalue weighted by Gasteiger charge is 2.24. The summed E-state index contributed by atoms with van der Waals surface area (Å²) in [5.74, 6) is 0.961. The Morgan fingerprint density at radius 2 is 1.97 bits per heavy atom. The van der Waals surface area contributed by atoms with E-state index >= 15 is 0 Å². The Morgan fingerprint density at radius 3 is 2.70 bits per heavy atom. The highest BCUT2D eigenvalue weighted by Crippen LogP contribution is 2.35. The van der Waals surface area contributed by atoms with E-state index in [9.17, 15) is 4.79 Å². The number of nitrogens with two attached hydrogens (primary N) is 2. The minimum atomic E-state index is -0.234. The average Bonchev–Trinajstić information content (AvgIpc) is 2.91. The normalized spacial score (nSPS) is 14.6. The molecular formula is C28H32N6O3. The molecule has 37 heavy (non-hydrogen) atoms. The van der Waals surface area contributed by atoms with Crippen LogP contribution < -0.4 is 20.9 Å². The largest absolute Gasteiger partial charge is 0.493 e. The van der Waals surface area contributed by atoms with Gasteiger partial charge in [-0.05, 0) is 35.2 Å². The van der Waals surface area contributed by atoms with Crippen molar-refractivity contribution in [3.8, 4) is 11.5 Å². The molecule has 1 aliphatic heterocycles. The first-order valence-electron chi connectivity index (χ1n) is 12.2. The molecule has 4 rings (SSSR count). The van der Waals surface area contributed by atoms with Crippen molar-refractivity contribution in [3.63, 3.8) is 0 Å². The van der Waals surface area contributed by atoms with Gasteiger partial charge in [0, 0.05) is 30.5 Å². The fraction of sp³-hybridized carbons (Fsp3) is 0.286. The maximum atomic E-state index is 13.5. The Labute approximate surface area is 216 Å². The van der Waals surface area contributed by atoms with Gasteiger partial charge < -0.3 is 20.9 Å². The third kappa shape index (κ3) is 5.72. The number of carbonyl (C=O) groups excluding carboxylic acids is 1. The van der Waals surface area contributed by atoms with E-state index in [2.05, 4.69) is 34.1 Å². The fourth-order valence-corrected chi connectivity index (χ4v) is 4.44. The Bertz CT molecular complexity index is 1340. The van der Waals surface area contributed by atoms with Crippen LogP contribution in [0.2, 0.25) is 0 Å². The smallest absolute Gasteiger partial charge is 0.221 e. The van der Waals surface area contributed by atoms with Crippen LogP contribution in [0.5, 0.6) is 11.5 Å². The summed E-state index contributed by atoms with van der Waals surface area (Å²) in [6.45, 7) is 2.17. The second-order valence-electron chi connectivity index (χ2n) is 8.79. The van der Waals surface area contributed by atoms with Crippen molar-refractivity contribution in [2.75, 3.05) is 25.7 Å². The van der Waals surface area contributed by atoms with Gasteiger partial charge in [0.15, 0.2) is 17.3 Å². The van der Waals surface area contributed by atoms with Crippen LogP contribution in [0.1, 0.15) is 64.8 Å². The van der Waals surface area contributed by atoms with E-state index in [4.69, 9.17) is 20.9 Å². The van der Waals surface area contributed by atoms with Crippen LogP contribution in [0, 0.1) is 0 Å². The first kappa shape index (κ1) is 25.7. The minimum absolute atomic E-state index is 0.0569. The van der Waals surface area contributed by atoms with E-state index in [0.29, 0.717) is 29.0 Å². The number of nitrogens with zero attached hydrogens (tertiary/aromatic N) is 4. The minimum Gasteiger partial charge on any atom is -0.493 e. The number of allylic oxidation sites excluding steroid dienone is 1. The summed E-state index contributed by atoms with van der Waals surface area (Å²) in [6.07, 6.45) is 10.1. The molecule has 2 heterocycles. The average molecular weight is 501 g/mol. The quantitative estimate of drug-likeness (QED) is 0.307. The lowest BCUT2D eigenvalue weighted by molar-refractivity contribution is 0.104. The van der Waals surface area contributed by atoms with Crippen LogP contribution in [0.15, 0.2) is 60.0 Å². The molecule has 1 aromatic heterocycles. The number of hydrogen-bond donors (Lipinski definition) is 2. The van der Waals surface area contributed by atoms with Crippen molar-refractivity contribution in [2.45, 2.75) is 38.6 Å². The molecule has 3 aromatic rings. The molecule has 1 unspecified atom stereocenters. The van der Waals surface area contributed by atoms with Crippen molar-refractivity contribution in [1.29, 1.82) is 0 Å². The number of hydrazone groups is 1. The van der Waals surface area contributed by atoms with Crippen molar-refractivity contribution in [3.05, 3.63) is 82.7 Å². The van der Waals surface area contributed by atoms with Crippen LogP contribution in [0.25, 0.3) is 0 Å². The Balaban J connectivity index is 1.64. The molecular weight excluding hydrogens is 468 g/mol. The summed E-state index contributed by atoms with van der Waals surface area (Å²) in [4.78, 5) is 21.5. The van der Waals surface area contributed by atoms with E-state index in [-0.39, 0.29) is 23.6 Å². The summed E-state index contributed by atoms with van der Waals surface area (Å²) in [6, 6.07) is 11.9. The molecule has 0 saturated heterocycles. The Kier molecular flexibility index (Phi) is 8.02. The van der Waals surface area contributed by atoms with Crippen LogP contribution >= 0.6 is 0 Å². The van der Waals surface area contributed by atoms with Gasteiger partial charge in [-0.25, -0.2) is 4.98 Å². The van der Waals surface area contributed by atoms with Gasteiger partial charge >= 0.3 is 0 Å². The van der Waals surface area contributed by atoms with E-state index in [1.54, 1.807) is 18.5 Å². The zero-order valence-corrected chi connectivity index (χ0v) is 21.3. The molecule has 0 saturated carbocycles. The zero-order chi connectivity index (χ0) is 26.4. The zero-order valence-electron chi connectivity index (χ0n) is 21.3. The lowest BCUT2D eigenvalue weighted by Crippen LogP contribution is -2.24.